The van der Waals surface area contributed by atoms with E-state index in [1.165, 1.54) is 6.08 Å². The predicted molar refractivity (Wildman–Crippen MR) is 75.1 cm³/mol. The molecule has 0 bridgehead atoms. The van der Waals surface area contributed by atoms with E-state index in [0.717, 1.165) is 18.1 Å². The van der Waals surface area contributed by atoms with Crippen LogP contribution in [0, 0.1) is 0 Å². The number of carboxylic acids is 1. The van der Waals surface area contributed by atoms with Gasteiger partial charge in [0.2, 0.25) is 0 Å². The number of anilines is 1. The lowest BCUT2D eigenvalue weighted by Crippen LogP contribution is -2.31. The van der Waals surface area contributed by atoms with Crippen LogP contribution in [0.3, 0.4) is 0 Å². The van der Waals surface area contributed by atoms with Gasteiger partial charge in [0, 0.05) is 25.4 Å². The van der Waals surface area contributed by atoms with E-state index >= 15 is 0 Å². The van der Waals surface area contributed by atoms with Crippen molar-refractivity contribution in [1.29, 1.82) is 0 Å². The minimum Gasteiger partial charge on any atom is -0.478 e. The Balaban J connectivity index is 2.72. The number of hydrogen-bond donors (Lipinski definition) is 2. The Morgan fingerprint density at radius 2 is 2.16 bits per heavy atom. The molecule has 1 aromatic rings. The first-order chi connectivity index (χ1) is 9.02. The molecule has 0 unspecified atom stereocenters. The molecule has 5 nitrogen and oxygen atoms in total. The Morgan fingerprint density at radius 3 is 2.79 bits per heavy atom. The van der Waals surface area contributed by atoms with E-state index in [4.69, 9.17) is 5.11 Å². The van der Waals surface area contributed by atoms with Gasteiger partial charge in [-0.25, -0.2) is 9.59 Å². The van der Waals surface area contributed by atoms with Gasteiger partial charge < -0.3 is 15.3 Å². The first-order valence-electron chi connectivity index (χ1n) is 6.06. The Hall–Kier alpha value is -2.30. The van der Waals surface area contributed by atoms with Crippen molar-refractivity contribution in [2.24, 2.45) is 0 Å². The molecule has 0 aliphatic rings. The highest BCUT2D eigenvalue weighted by atomic mass is 16.4. The summed E-state index contributed by atoms with van der Waals surface area (Å²) in [6, 6.07) is 6.83. The van der Waals surface area contributed by atoms with Crippen molar-refractivity contribution in [3.8, 4) is 0 Å². The van der Waals surface area contributed by atoms with Crippen molar-refractivity contribution in [3.05, 3.63) is 35.9 Å². The van der Waals surface area contributed by atoms with E-state index in [0.29, 0.717) is 12.2 Å². The van der Waals surface area contributed by atoms with Crippen molar-refractivity contribution >= 4 is 23.8 Å². The lowest BCUT2D eigenvalue weighted by Gasteiger charge is -2.17. The molecule has 0 radical (unpaired) electrons. The largest absolute Gasteiger partial charge is 0.478 e. The van der Waals surface area contributed by atoms with Crippen LogP contribution in [0.2, 0.25) is 0 Å². The van der Waals surface area contributed by atoms with E-state index in [1.54, 1.807) is 36.2 Å². The maximum Gasteiger partial charge on any atom is 0.328 e. The summed E-state index contributed by atoms with van der Waals surface area (Å²) in [6.07, 6.45) is 3.43. The summed E-state index contributed by atoms with van der Waals surface area (Å²) in [5.74, 6) is -1.00. The molecule has 0 saturated heterocycles. The molecule has 0 fully saturated rings. The third kappa shape index (κ3) is 5.25. The van der Waals surface area contributed by atoms with Crippen LogP contribution in [0.4, 0.5) is 10.5 Å². The Morgan fingerprint density at radius 1 is 1.42 bits per heavy atom. The molecule has 5 heteroatoms. The van der Waals surface area contributed by atoms with Gasteiger partial charge in [0.05, 0.1) is 0 Å². The van der Waals surface area contributed by atoms with Gasteiger partial charge in [-0.3, -0.25) is 0 Å². The number of hydrogen-bond acceptors (Lipinski definition) is 2. The molecule has 102 valence electrons. The molecule has 0 aromatic heterocycles. The smallest absolute Gasteiger partial charge is 0.328 e. The molecule has 0 spiro atoms. The number of carbonyl (C=O) groups excluding carboxylic acids is 1. The zero-order valence-corrected chi connectivity index (χ0v) is 11.1. The molecule has 2 amide bonds. The Bertz CT molecular complexity index is 483. The van der Waals surface area contributed by atoms with Crippen molar-refractivity contribution in [3.63, 3.8) is 0 Å². The second-order valence-corrected chi connectivity index (χ2v) is 4.15. The Kier molecular flexibility index (Phi) is 5.60. The number of nitrogens with one attached hydrogen (secondary N) is 1. The van der Waals surface area contributed by atoms with Crippen LogP contribution in [0.5, 0.6) is 0 Å². The summed E-state index contributed by atoms with van der Waals surface area (Å²) < 4.78 is 0. The summed E-state index contributed by atoms with van der Waals surface area (Å²) in [5, 5.41) is 11.3. The zero-order chi connectivity index (χ0) is 14.3. The highest BCUT2D eigenvalue weighted by Gasteiger charge is 2.07. The highest BCUT2D eigenvalue weighted by Crippen LogP contribution is 2.12. The molecule has 0 aliphatic heterocycles. The maximum atomic E-state index is 11.8. The molecule has 0 saturated carbocycles. The zero-order valence-electron chi connectivity index (χ0n) is 11.1. The number of nitrogens with zero attached hydrogens (tertiary/aromatic N) is 1. The van der Waals surface area contributed by atoms with Gasteiger partial charge >= 0.3 is 12.0 Å². The SMILES string of the molecule is CCCN(C)C(=O)Nc1cccc(/C=C/C(=O)O)c1. The van der Waals surface area contributed by atoms with E-state index in [2.05, 4.69) is 5.32 Å². The molecule has 0 atom stereocenters. The van der Waals surface area contributed by atoms with Crippen LogP contribution in [0.1, 0.15) is 18.9 Å². The molecule has 0 aliphatic carbocycles. The van der Waals surface area contributed by atoms with Gasteiger partial charge in [-0.1, -0.05) is 19.1 Å². The molecule has 1 aromatic carbocycles. The number of carboxylic acid groups (broad SMARTS) is 1. The van der Waals surface area contributed by atoms with Crippen LogP contribution < -0.4 is 5.32 Å². The monoisotopic (exact) mass is 262 g/mol. The normalized spacial score (nSPS) is 10.4. The number of benzene rings is 1. The van der Waals surface area contributed by atoms with Crippen molar-refractivity contribution in [1.82, 2.24) is 4.90 Å². The van der Waals surface area contributed by atoms with Crippen molar-refractivity contribution in [2.45, 2.75) is 13.3 Å². The molecule has 2 N–H and O–H groups in total. The number of carbonyl (C=O) groups is 2. The fourth-order valence-corrected chi connectivity index (χ4v) is 1.54. The molecule has 1 rings (SSSR count). The van der Waals surface area contributed by atoms with Crippen molar-refractivity contribution < 1.29 is 14.7 Å². The average molecular weight is 262 g/mol. The summed E-state index contributed by atoms with van der Waals surface area (Å²) >= 11 is 0. The van der Waals surface area contributed by atoms with Crippen LogP contribution in [-0.2, 0) is 4.79 Å². The standard InChI is InChI=1S/C14H18N2O3/c1-3-9-16(2)14(19)15-12-6-4-5-11(10-12)7-8-13(17)18/h4-8,10H,3,9H2,1-2H3,(H,15,19)(H,17,18)/b8-7+. The summed E-state index contributed by atoms with van der Waals surface area (Å²) in [4.78, 5) is 23.8. The van der Waals surface area contributed by atoms with Gasteiger partial charge in [0.1, 0.15) is 0 Å². The summed E-state index contributed by atoms with van der Waals surface area (Å²) in [5.41, 5.74) is 1.36. The van der Waals surface area contributed by atoms with E-state index in [-0.39, 0.29) is 6.03 Å². The lowest BCUT2D eigenvalue weighted by molar-refractivity contribution is -0.131. The molecular formula is C14H18N2O3. The van der Waals surface area contributed by atoms with Crippen LogP contribution >= 0.6 is 0 Å². The van der Waals surface area contributed by atoms with Gasteiger partial charge in [-0.15, -0.1) is 0 Å². The van der Waals surface area contributed by atoms with Gasteiger partial charge in [0.15, 0.2) is 0 Å². The fourth-order valence-electron chi connectivity index (χ4n) is 1.54. The quantitative estimate of drug-likeness (QED) is 0.801. The maximum absolute atomic E-state index is 11.8. The van der Waals surface area contributed by atoms with Crippen LogP contribution in [0.25, 0.3) is 6.08 Å². The van der Waals surface area contributed by atoms with E-state index in [1.807, 2.05) is 6.92 Å². The fraction of sp³-hybridized carbons (Fsp3) is 0.286. The Labute approximate surface area is 112 Å². The highest BCUT2D eigenvalue weighted by molar-refractivity contribution is 5.90. The van der Waals surface area contributed by atoms with Gasteiger partial charge in [0.25, 0.3) is 0 Å². The average Bonchev–Trinajstić information content (AvgIpc) is 2.37. The third-order valence-electron chi connectivity index (χ3n) is 2.46. The summed E-state index contributed by atoms with van der Waals surface area (Å²) in [7, 11) is 1.73. The minimum atomic E-state index is -1.00. The van der Waals surface area contributed by atoms with E-state index < -0.39 is 5.97 Å². The van der Waals surface area contributed by atoms with Crippen LogP contribution in [-0.4, -0.2) is 35.6 Å². The topological polar surface area (TPSA) is 69.6 Å². The first kappa shape index (κ1) is 14.8. The number of aliphatic carboxylic acids is 1. The third-order valence-corrected chi connectivity index (χ3v) is 2.46. The first-order valence-corrected chi connectivity index (χ1v) is 6.06. The van der Waals surface area contributed by atoms with Crippen LogP contribution in [0.15, 0.2) is 30.3 Å². The summed E-state index contributed by atoms with van der Waals surface area (Å²) in [6.45, 7) is 2.69. The second-order valence-electron chi connectivity index (χ2n) is 4.15. The minimum absolute atomic E-state index is 0.179. The molecule has 19 heavy (non-hydrogen) atoms. The second kappa shape index (κ2) is 7.20. The number of urea groups is 1. The molecular weight excluding hydrogens is 244 g/mol. The predicted octanol–water partition coefficient (Wildman–Crippen LogP) is 2.66. The molecule has 0 heterocycles. The van der Waals surface area contributed by atoms with Gasteiger partial charge in [-0.2, -0.15) is 0 Å². The van der Waals surface area contributed by atoms with Gasteiger partial charge in [-0.05, 0) is 30.2 Å². The van der Waals surface area contributed by atoms with E-state index in [9.17, 15) is 9.59 Å². The number of amides is 2. The lowest BCUT2D eigenvalue weighted by atomic mass is 10.2. The number of rotatable bonds is 5. The van der Waals surface area contributed by atoms with Crippen molar-refractivity contribution in [2.75, 3.05) is 18.9 Å².